The molecule has 1 saturated heterocycles. The second-order valence-electron chi connectivity index (χ2n) is 6.86. The van der Waals surface area contributed by atoms with Crippen molar-refractivity contribution in [3.8, 4) is 11.4 Å². The Morgan fingerprint density at radius 3 is 2.72 bits per heavy atom. The molecule has 0 radical (unpaired) electrons. The molecule has 29 heavy (non-hydrogen) atoms. The van der Waals surface area contributed by atoms with Gasteiger partial charge in [0.1, 0.15) is 11.9 Å². The Morgan fingerprint density at radius 1 is 1.17 bits per heavy atom. The minimum absolute atomic E-state index is 0.0239. The van der Waals surface area contributed by atoms with E-state index in [9.17, 15) is 10.1 Å². The van der Waals surface area contributed by atoms with Crippen molar-refractivity contribution in [2.24, 2.45) is 0 Å². The second kappa shape index (κ2) is 8.26. The second-order valence-corrected chi connectivity index (χ2v) is 7.77. The van der Waals surface area contributed by atoms with Crippen molar-refractivity contribution >= 4 is 27.4 Å². The Hall–Kier alpha value is -2.84. The zero-order chi connectivity index (χ0) is 20.4. The lowest BCUT2D eigenvalue weighted by molar-refractivity contribution is -0.384. The molecule has 1 aliphatic heterocycles. The van der Waals surface area contributed by atoms with Gasteiger partial charge < -0.3 is 9.64 Å². The van der Waals surface area contributed by atoms with Gasteiger partial charge >= 0.3 is 0 Å². The molecule has 4 rings (SSSR count). The van der Waals surface area contributed by atoms with Crippen LogP contribution in [0, 0.1) is 17.0 Å². The van der Waals surface area contributed by atoms with Gasteiger partial charge in [-0.05, 0) is 24.6 Å². The number of halogens is 1. The van der Waals surface area contributed by atoms with Crippen molar-refractivity contribution < 1.29 is 9.66 Å². The molecule has 2 heterocycles. The van der Waals surface area contributed by atoms with Crippen LogP contribution in [0.2, 0.25) is 0 Å². The van der Waals surface area contributed by atoms with E-state index in [4.69, 9.17) is 9.72 Å². The number of anilines is 1. The molecule has 0 amide bonds. The molecule has 3 aromatic rings. The molecule has 0 N–H and O–H groups in total. The largest absolute Gasteiger partial charge is 0.370 e. The highest BCUT2D eigenvalue weighted by molar-refractivity contribution is 9.10. The van der Waals surface area contributed by atoms with Crippen molar-refractivity contribution in [2.45, 2.75) is 13.0 Å². The fraction of sp³-hybridized carbons (Fsp3) is 0.238. The molecule has 1 aliphatic rings. The number of hydrogen-bond donors (Lipinski definition) is 0. The summed E-state index contributed by atoms with van der Waals surface area (Å²) in [6.07, 6.45) is -0.0478. The lowest BCUT2D eigenvalue weighted by Gasteiger charge is -2.34. The highest BCUT2D eigenvalue weighted by Crippen LogP contribution is 2.28. The molecule has 0 saturated carbocycles. The Bertz CT molecular complexity index is 1040. The van der Waals surface area contributed by atoms with Crippen LogP contribution in [0.1, 0.15) is 17.4 Å². The maximum absolute atomic E-state index is 11.1. The van der Waals surface area contributed by atoms with Crippen LogP contribution in [0.25, 0.3) is 11.4 Å². The third kappa shape index (κ3) is 4.44. The number of nitro groups is 1. The summed E-state index contributed by atoms with van der Waals surface area (Å²) in [5.74, 6) is 1.28. The number of ether oxygens (including phenoxy) is 1. The number of rotatable bonds is 4. The predicted octanol–water partition coefficient (Wildman–Crippen LogP) is 4.70. The molecule has 1 unspecified atom stereocenters. The number of non-ortho nitro benzene ring substituents is 1. The monoisotopic (exact) mass is 454 g/mol. The van der Waals surface area contributed by atoms with Crippen LogP contribution < -0.4 is 4.90 Å². The van der Waals surface area contributed by atoms with E-state index >= 15 is 0 Å². The van der Waals surface area contributed by atoms with Crippen molar-refractivity contribution in [3.05, 3.63) is 80.4 Å². The van der Waals surface area contributed by atoms with Crippen LogP contribution in [0.4, 0.5) is 11.5 Å². The zero-order valence-electron chi connectivity index (χ0n) is 15.8. The van der Waals surface area contributed by atoms with Gasteiger partial charge in [0, 0.05) is 47.0 Å². The number of nitrogens with zero attached hydrogens (tertiary/aromatic N) is 4. The average molecular weight is 455 g/mol. The van der Waals surface area contributed by atoms with Gasteiger partial charge in [-0.3, -0.25) is 10.1 Å². The lowest BCUT2D eigenvalue weighted by atomic mass is 10.1. The normalized spacial score (nSPS) is 16.6. The molecule has 0 aliphatic carbocycles. The first-order valence-corrected chi connectivity index (χ1v) is 10.0. The van der Waals surface area contributed by atoms with Gasteiger partial charge in [-0.2, -0.15) is 0 Å². The number of morpholine rings is 1. The van der Waals surface area contributed by atoms with Crippen LogP contribution in [-0.2, 0) is 4.74 Å². The van der Waals surface area contributed by atoms with Gasteiger partial charge in [-0.1, -0.05) is 40.2 Å². The number of nitro benzene ring substituents is 1. The van der Waals surface area contributed by atoms with Gasteiger partial charge in [0.05, 0.1) is 11.5 Å². The predicted molar refractivity (Wildman–Crippen MR) is 114 cm³/mol. The topological polar surface area (TPSA) is 81.4 Å². The smallest absolute Gasteiger partial charge is 0.270 e. The van der Waals surface area contributed by atoms with Crippen molar-refractivity contribution in [3.63, 3.8) is 0 Å². The van der Waals surface area contributed by atoms with Crippen LogP contribution in [0.15, 0.2) is 59.1 Å². The third-order valence-electron chi connectivity index (χ3n) is 4.79. The van der Waals surface area contributed by atoms with E-state index in [-0.39, 0.29) is 11.8 Å². The molecule has 0 bridgehead atoms. The molecular formula is C21H19BrN4O3. The summed E-state index contributed by atoms with van der Waals surface area (Å²) < 4.78 is 7.00. The Balaban J connectivity index is 1.62. The first kappa shape index (κ1) is 19.5. The van der Waals surface area contributed by atoms with E-state index in [1.807, 2.05) is 25.1 Å². The van der Waals surface area contributed by atoms with E-state index < -0.39 is 4.92 Å². The first-order chi connectivity index (χ1) is 14.0. The molecular weight excluding hydrogens is 436 g/mol. The standard InChI is InChI=1S/C21H19BrN4O3/c1-14-11-20(24-21(23-14)16-3-2-4-18(12-16)26(27)28)25-9-10-29-19(13-25)15-5-7-17(22)8-6-15/h2-8,11-12,19H,9-10,13H2,1H3. The van der Waals surface area contributed by atoms with Crippen molar-refractivity contribution in [1.82, 2.24) is 9.97 Å². The Morgan fingerprint density at radius 2 is 1.97 bits per heavy atom. The molecule has 1 atom stereocenters. The van der Waals surface area contributed by atoms with Gasteiger partial charge in [0.15, 0.2) is 5.82 Å². The average Bonchev–Trinajstić information content (AvgIpc) is 2.74. The van der Waals surface area contributed by atoms with Gasteiger partial charge in [-0.25, -0.2) is 9.97 Å². The van der Waals surface area contributed by atoms with Crippen molar-refractivity contribution in [2.75, 3.05) is 24.6 Å². The summed E-state index contributed by atoms with van der Waals surface area (Å²) in [4.78, 5) is 22.0. The minimum Gasteiger partial charge on any atom is -0.370 e. The maximum atomic E-state index is 11.1. The zero-order valence-corrected chi connectivity index (χ0v) is 17.4. The molecule has 1 aromatic heterocycles. The quantitative estimate of drug-likeness (QED) is 0.419. The summed E-state index contributed by atoms with van der Waals surface area (Å²) in [7, 11) is 0. The number of aromatic nitrogens is 2. The third-order valence-corrected chi connectivity index (χ3v) is 5.32. The fourth-order valence-corrected chi connectivity index (χ4v) is 3.60. The van der Waals surface area contributed by atoms with Crippen LogP contribution in [0.5, 0.6) is 0 Å². The molecule has 2 aromatic carbocycles. The number of hydrogen-bond acceptors (Lipinski definition) is 6. The molecule has 148 valence electrons. The van der Waals surface area contributed by atoms with E-state index in [0.717, 1.165) is 28.1 Å². The highest BCUT2D eigenvalue weighted by atomic mass is 79.9. The summed E-state index contributed by atoms with van der Waals surface area (Å²) in [6, 6.07) is 16.5. The van der Waals surface area contributed by atoms with Crippen molar-refractivity contribution in [1.29, 1.82) is 0 Å². The summed E-state index contributed by atoms with van der Waals surface area (Å²) >= 11 is 3.46. The fourth-order valence-electron chi connectivity index (χ4n) is 3.34. The summed E-state index contributed by atoms with van der Waals surface area (Å²) in [5, 5.41) is 11.1. The number of benzene rings is 2. The van der Waals surface area contributed by atoms with E-state index in [0.29, 0.717) is 24.5 Å². The van der Waals surface area contributed by atoms with Crippen LogP contribution in [0.3, 0.4) is 0 Å². The summed E-state index contributed by atoms with van der Waals surface area (Å²) in [6.45, 7) is 3.89. The van der Waals surface area contributed by atoms with E-state index in [1.165, 1.54) is 12.1 Å². The van der Waals surface area contributed by atoms with Gasteiger partial charge in [0.2, 0.25) is 0 Å². The van der Waals surface area contributed by atoms with Crippen LogP contribution >= 0.6 is 15.9 Å². The molecule has 8 heteroatoms. The lowest BCUT2D eigenvalue weighted by Crippen LogP contribution is -2.39. The summed E-state index contributed by atoms with van der Waals surface area (Å²) in [5.41, 5.74) is 2.57. The van der Waals surface area contributed by atoms with E-state index in [1.54, 1.807) is 12.1 Å². The van der Waals surface area contributed by atoms with Crippen LogP contribution in [-0.4, -0.2) is 34.6 Å². The minimum atomic E-state index is -0.412. The Kier molecular flexibility index (Phi) is 5.55. The molecule has 1 fully saturated rings. The SMILES string of the molecule is Cc1cc(N2CCOC(c3ccc(Br)cc3)C2)nc(-c2cccc([N+](=O)[O-])c2)n1. The van der Waals surface area contributed by atoms with E-state index in [2.05, 4.69) is 37.9 Å². The maximum Gasteiger partial charge on any atom is 0.270 e. The van der Waals surface area contributed by atoms with Gasteiger partial charge in [-0.15, -0.1) is 0 Å². The number of aryl methyl sites for hydroxylation is 1. The highest BCUT2D eigenvalue weighted by Gasteiger charge is 2.24. The molecule has 7 nitrogen and oxygen atoms in total. The molecule has 0 spiro atoms. The first-order valence-electron chi connectivity index (χ1n) is 9.22. The Labute approximate surface area is 176 Å². The van der Waals surface area contributed by atoms with Gasteiger partial charge in [0.25, 0.3) is 5.69 Å².